The Hall–Kier alpha value is 0.120. The largest absolute Gasteiger partial charge is 0.378 e. The Morgan fingerprint density at radius 2 is 2.24 bits per heavy atom. The highest BCUT2D eigenvalue weighted by molar-refractivity contribution is 14.1. The van der Waals surface area contributed by atoms with Gasteiger partial charge < -0.3 is 15.4 Å². The molecule has 1 amide bonds. The zero-order valence-corrected chi connectivity index (χ0v) is 15.2. The summed E-state index contributed by atoms with van der Waals surface area (Å²) in [4.78, 5) is 12.0. The van der Waals surface area contributed by atoms with Gasteiger partial charge >= 0.3 is 0 Å². The summed E-state index contributed by atoms with van der Waals surface area (Å²) >= 11 is 2.43. The molecule has 2 aliphatic rings. The zero-order valence-electron chi connectivity index (χ0n) is 13.1. The number of carbonyl (C=O) groups excluding carboxylic acids is 1. The van der Waals surface area contributed by atoms with Gasteiger partial charge in [-0.3, -0.25) is 4.79 Å². The number of hydrogen-bond donors (Lipinski definition) is 2. The van der Waals surface area contributed by atoms with E-state index in [9.17, 15) is 4.79 Å². The number of rotatable bonds is 6. The third-order valence-electron chi connectivity index (χ3n) is 4.54. The summed E-state index contributed by atoms with van der Waals surface area (Å²) in [5, 5.41) is 6.52. The van der Waals surface area contributed by atoms with Crippen molar-refractivity contribution in [3.05, 3.63) is 0 Å². The monoisotopic (exact) mass is 408 g/mol. The maximum atomic E-state index is 12.0. The van der Waals surface area contributed by atoms with Crippen molar-refractivity contribution in [2.45, 2.75) is 67.9 Å². The molecule has 1 heterocycles. The standard InChI is InChI=1S/C16H29IN2O2/c1-12-4-2-5-13(10-12)21-9-3-6-16(20)19-15-7-8-18-11-14(15)17/h12-15,18H,2-11H2,1H3,(H,19,20). The molecule has 1 aliphatic carbocycles. The van der Waals surface area contributed by atoms with E-state index in [1.807, 2.05) is 0 Å². The van der Waals surface area contributed by atoms with Crippen molar-refractivity contribution >= 4 is 28.5 Å². The smallest absolute Gasteiger partial charge is 0.220 e. The fourth-order valence-corrected chi connectivity index (χ4v) is 4.13. The van der Waals surface area contributed by atoms with E-state index in [1.54, 1.807) is 0 Å². The van der Waals surface area contributed by atoms with Gasteiger partial charge in [0, 0.05) is 29.5 Å². The van der Waals surface area contributed by atoms with Gasteiger partial charge in [0.25, 0.3) is 0 Å². The molecule has 0 spiro atoms. The molecule has 0 aromatic carbocycles. The molecule has 4 nitrogen and oxygen atoms in total. The second kappa shape index (κ2) is 9.30. The highest BCUT2D eigenvalue weighted by Gasteiger charge is 2.23. The molecule has 1 aliphatic heterocycles. The number of piperidine rings is 1. The van der Waals surface area contributed by atoms with Crippen molar-refractivity contribution in [2.24, 2.45) is 5.92 Å². The Balaban J connectivity index is 1.54. The van der Waals surface area contributed by atoms with Crippen LogP contribution < -0.4 is 10.6 Å². The minimum Gasteiger partial charge on any atom is -0.378 e. The molecule has 4 atom stereocenters. The topological polar surface area (TPSA) is 50.4 Å². The molecule has 0 aromatic rings. The molecule has 0 radical (unpaired) electrons. The summed E-state index contributed by atoms with van der Waals surface area (Å²) in [5.41, 5.74) is 0. The molecule has 122 valence electrons. The molecular weight excluding hydrogens is 379 g/mol. The van der Waals surface area contributed by atoms with Crippen LogP contribution in [0.25, 0.3) is 0 Å². The third kappa shape index (κ3) is 6.40. The van der Waals surface area contributed by atoms with Crippen LogP contribution in [-0.2, 0) is 9.53 Å². The van der Waals surface area contributed by atoms with Gasteiger partial charge in [0.2, 0.25) is 5.91 Å². The first-order chi connectivity index (χ1) is 10.1. The number of ether oxygens (including phenoxy) is 1. The Labute approximate surface area is 142 Å². The Morgan fingerprint density at radius 3 is 3.00 bits per heavy atom. The molecule has 1 saturated carbocycles. The molecule has 0 bridgehead atoms. The molecule has 5 heteroatoms. The van der Waals surface area contributed by atoms with E-state index >= 15 is 0 Å². The zero-order chi connectivity index (χ0) is 15.1. The van der Waals surface area contributed by atoms with Crippen LogP contribution in [0.2, 0.25) is 0 Å². The van der Waals surface area contributed by atoms with Crippen LogP contribution in [0, 0.1) is 5.92 Å². The van der Waals surface area contributed by atoms with Crippen LogP contribution in [0.4, 0.5) is 0 Å². The molecule has 2 rings (SSSR count). The molecular formula is C16H29IN2O2. The van der Waals surface area contributed by atoms with Crippen LogP contribution >= 0.6 is 22.6 Å². The molecule has 2 fully saturated rings. The second-order valence-electron chi connectivity index (χ2n) is 6.55. The van der Waals surface area contributed by atoms with E-state index in [0.29, 0.717) is 22.5 Å². The van der Waals surface area contributed by atoms with Crippen molar-refractivity contribution in [2.75, 3.05) is 19.7 Å². The quantitative estimate of drug-likeness (QED) is 0.404. The lowest BCUT2D eigenvalue weighted by molar-refractivity contribution is -0.122. The number of alkyl halides is 1. The number of nitrogens with one attached hydrogen (secondary N) is 2. The predicted octanol–water partition coefficient (Wildman–Crippen LogP) is 2.64. The summed E-state index contributed by atoms with van der Waals surface area (Å²) in [6, 6.07) is 0.333. The van der Waals surface area contributed by atoms with Crippen molar-refractivity contribution in [3.63, 3.8) is 0 Å². The summed E-state index contributed by atoms with van der Waals surface area (Å²) in [7, 11) is 0. The van der Waals surface area contributed by atoms with E-state index < -0.39 is 0 Å². The van der Waals surface area contributed by atoms with Crippen molar-refractivity contribution in [3.8, 4) is 0 Å². The van der Waals surface area contributed by atoms with Gasteiger partial charge in [0.05, 0.1) is 6.10 Å². The van der Waals surface area contributed by atoms with E-state index in [-0.39, 0.29) is 5.91 Å². The van der Waals surface area contributed by atoms with Crippen LogP contribution in [0.3, 0.4) is 0 Å². The maximum Gasteiger partial charge on any atom is 0.220 e. The minimum atomic E-state index is 0.184. The normalized spacial score (nSPS) is 33.6. The Kier molecular flexibility index (Phi) is 7.74. The fraction of sp³-hybridized carbons (Fsp3) is 0.938. The first kappa shape index (κ1) is 17.5. The van der Waals surface area contributed by atoms with E-state index in [2.05, 4.69) is 40.1 Å². The van der Waals surface area contributed by atoms with Gasteiger partial charge in [-0.2, -0.15) is 0 Å². The number of halogens is 1. The average molecular weight is 408 g/mol. The van der Waals surface area contributed by atoms with E-state index in [1.165, 1.54) is 25.7 Å². The third-order valence-corrected chi connectivity index (χ3v) is 5.85. The number of amides is 1. The van der Waals surface area contributed by atoms with Crippen LogP contribution in [0.15, 0.2) is 0 Å². The van der Waals surface area contributed by atoms with Gasteiger partial charge in [-0.25, -0.2) is 0 Å². The Morgan fingerprint density at radius 1 is 1.38 bits per heavy atom. The fourth-order valence-electron chi connectivity index (χ4n) is 3.27. The van der Waals surface area contributed by atoms with Gasteiger partial charge in [0.15, 0.2) is 0 Å². The SMILES string of the molecule is CC1CCCC(OCCCC(=O)NC2CCNCC2I)C1. The first-order valence-corrected chi connectivity index (χ1v) is 9.65. The molecule has 21 heavy (non-hydrogen) atoms. The summed E-state index contributed by atoms with van der Waals surface area (Å²) < 4.78 is 6.42. The van der Waals surface area contributed by atoms with Crippen LogP contribution in [-0.4, -0.2) is 41.7 Å². The van der Waals surface area contributed by atoms with Gasteiger partial charge in [-0.05, 0) is 38.1 Å². The number of carbonyl (C=O) groups is 1. The molecule has 0 aromatic heterocycles. The molecule has 4 unspecified atom stereocenters. The lowest BCUT2D eigenvalue weighted by Gasteiger charge is -2.29. The summed E-state index contributed by atoms with van der Waals surface area (Å²) in [6.07, 6.45) is 7.92. The molecule has 1 saturated heterocycles. The van der Waals surface area contributed by atoms with Crippen LogP contribution in [0.5, 0.6) is 0 Å². The predicted molar refractivity (Wildman–Crippen MR) is 93.8 cm³/mol. The highest BCUT2D eigenvalue weighted by Crippen LogP contribution is 2.25. The minimum absolute atomic E-state index is 0.184. The van der Waals surface area contributed by atoms with Crippen molar-refractivity contribution in [1.82, 2.24) is 10.6 Å². The van der Waals surface area contributed by atoms with Gasteiger partial charge in [-0.15, -0.1) is 0 Å². The second-order valence-corrected chi connectivity index (χ2v) is 8.15. The first-order valence-electron chi connectivity index (χ1n) is 8.41. The molecule has 2 N–H and O–H groups in total. The lowest BCUT2D eigenvalue weighted by Crippen LogP contribution is -2.50. The van der Waals surface area contributed by atoms with E-state index in [4.69, 9.17) is 4.74 Å². The highest BCUT2D eigenvalue weighted by atomic mass is 127. The maximum absolute atomic E-state index is 12.0. The van der Waals surface area contributed by atoms with Gasteiger partial charge in [0.1, 0.15) is 0 Å². The van der Waals surface area contributed by atoms with Gasteiger partial charge in [-0.1, -0.05) is 42.4 Å². The van der Waals surface area contributed by atoms with Crippen molar-refractivity contribution in [1.29, 1.82) is 0 Å². The summed E-state index contributed by atoms with van der Waals surface area (Å²) in [5.74, 6) is 0.983. The Bertz CT molecular complexity index is 327. The average Bonchev–Trinajstić information content (AvgIpc) is 2.46. The van der Waals surface area contributed by atoms with Crippen LogP contribution in [0.1, 0.15) is 51.9 Å². The number of hydrogen-bond acceptors (Lipinski definition) is 3. The summed E-state index contributed by atoms with van der Waals surface area (Å²) in [6.45, 7) is 5.04. The van der Waals surface area contributed by atoms with E-state index in [0.717, 1.165) is 38.5 Å². The lowest BCUT2D eigenvalue weighted by atomic mass is 9.89. The van der Waals surface area contributed by atoms with Crippen molar-refractivity contribution < 1.29 is 9.53 Å².